The largest absolute Gasteiger partial charge is 0.490 e. The third kappa shape index (κ3) is 6.82. The molecular formula is C35H33N3O7S. The molecule has 11 heteroatoms. The van der Waals surface area contributed by atoms with Gasteiger partial charge in [-0.2, -0.15) is 5.26 Å². The summed E-state index contributed by atoms with van der Waals surface area (Å²) in [6.45, 7) is 7.22. The van der Waals surface area contributed by atoms with Gasteiger partial charge in [-0.05, 0) is 79.9 Å². The van der Waals surface area contributed by atoms with Crippen LogP contribution < -0.4 is 33.8 Å². The van der Waals surface area contributed by atoms with Crippen LogP contribution in [0.5, 0.6) is 23.0 Å². The van der Waals surface area contributed by atoms with Crippen molar-refractivity contribution in [1.82, 2.24) is 4.57 Å². The summed E-state index contributed by atoms with van der Waals surface area (Å²) in [4.78, 5) is 31.8. The minimum Gasteiger partial charge on any atom is -0.490 e. The van der Waals surface area contributed by atoms with Gasteiger partial charge < -0.3 is 23.7 Å². The second-order valence-electron chi connectivity index (χ2n) is 9.98. The third-order valence-electron chi connectivity index (χ3n) is 7.05. The van der Waals surface area contributed by atoms with Gasteiger partial charge in [0.25, 0.3) is 5.56 Å². The van der Waals surface area contributed by atoms with E-state index in [-0.39, 0.29) is 11.1 Å². The Bertz CT molecular complexity index is 1990. The lowest BCUT2D eigenvalue weighted by molar-refractivity contribution is -0.136. The van der Waals surface area contributed by atoms with Crippen molar-refractivity contribution in [3.05, 3.63) is 114 Å². The Balaban J connectivity index is 1.52. The molecule has 3 aromatic carbocycles. The molecule has 2 heterocycles. The zero-order valence-corrected chi connectivity index (χ0v) is 26.8. The van der Waals surface area contributed by atoms with Gasteiger partial charge in [-0.25, -0.2) is 9.79 Å². The van der Waals surface area contributed by atoms with E-state index in [0.717, 1.165) is 11.1 Å². The average molecular weight is 640 g/mol. The smallest absolute Gasteiger partial charge is 0.337 e. The molecule has 0 aliphatic carbocycles. The number of methoxy groups -OCH3 is 1. The summed E-state index contributed by atoms with van der Waals surface area (Å²) in [5.74, 6) is 1.57. The summed E-state index contributed by atoms with van der Waals surface area (Å²) in [6.07, 6.45) is 3.22. The highest BCUT2D eigenvalue weighted by atomic mass is 32.1. The predicted molar refractivity (Wildman–Crippen MR) is 173 cm³/mol. The van der Waals surface area contributed by atoms with Crippen molar-refractivity contribution in [1.29, 1.82) is 5.26 Å². The van der Waals surface area contributed by atoms with E-state index in [2.05, 4.69) is 11.1 Å². The molecule has 0 radical (unpaired) electrons. The Labute approximate surface area is 270 Å². The number of aromatic nitrogens is 1. The molecule has 0 unspecified atom stereocenters. The fourth-order valence-electron chi connectivity index (χ4n) is 4.98. The topological polar surface area (TPSA) is 121 Å². The van der Waals surface area contributed by atoms with E-state index in [1.165, 1.54) is 29.2 Å². The van der Waals surface area contributed by atoms with Crippen molar-refractivity contribution in [3.63, 3.8) is 0 Å². The van der Waals surface area contributed by atoms with Crippen LogP contribution in [0.4, 0.5) is 0 Å². The fourth-order valence-corrected chi connectivity index (χ4v) is 5.95. The highest BCUT2D eigenvalue weighted by Crippen LogP contribution is 2.35. The Kier molecular flexibility index (Phi) is 10.2. The number of ether oxygens (including phenoxy) is 5. The molecule has 1 atom stereocenters. The highest BCUT2D eigenvalue weighted by molar-refractivity contribution is 7.07. The van der Waals surface area contributed by atoms with Crippen molar-refractivity contribution < 1.29 is 28.5 Å². The summed E-state index contributed by atoms with van der Waals surface area (Å²) >= 11 is 1.22. The molecule has 10 nitrogen and oxygen atoms in total. The van der Waals surface area contributed by atoms with Crippen molar-refractivity contribution in [2.45, 2.75) is 33.4 Å². The second-order valence-corrected chi connectivity index (χ2v) is 11.0. The first kappa shape index (κ1) is 32.1. The molecular weight excluding hydrogens is 606 g/mol. The lowest BCUT2D eigenvalue weighted by Crippen LogP contribution is -2.39. The van der Waals surface area contributed by atoms with E-state index in [9.17, 15) is 9.59 Å². The number of hydrogen-bond donors (Lipinski definition) is 0. The van der Waals surface area contributed by atoms with E-state index in [4.69, 9.17) is 28.9 Å². The van der Waals surface area contributed by atoms with Gasteiger partial charge >= 0.3 is 5.97 Å². The number of benzene rings is 3. The van der Waals surface area contributed by atoms with Crippen LogP contribution in [0, 0.1) is 11.3 Å². The zero-order valence-electron chi connectivity index (χ0n) is 25.9. The number of nitriles is 1. The van der Waals surface area contributed by atoms with Gasteiger partial charge in [0.15, 0.2) is 27.8 Å². The molecule has 0 fully saturated rings. The lowest BCUT2D eigenvalue weighted by Gasteiger charge is -2.23. The van der Waals surface area contributed by atoms with Crippen molar-refractivity contribution in [3.8, 4) is 29.1 Å². The van der Waals surface area contributed by atoms with E-state index >= 15 is 0 Å². The summed E-state index contributed by atoms with van der Waals surface area (Å²) in [5.41, 5.74) is 2.77. The number of carbonyl (C=O) groups excluding carboxylic acids is 1. The molecule has 1 aliphatic rings. The molecule has 0 spiro atoms. The number of rotatable bonds is 12. The van der Waals surface area contributed by atoms with Crippen LogP contribution in [0.3, 0.4) is 0 Å². The number of fused-ring (bicyclic) bond motifs is 1. The van der Waals surface area contributed by atoms with Crippen LogP contribution in [-0.4, -0.2) is 37.5 Å². The second kappa shape index (κ2) is 14.6. The molecule has 0 N–H and O–H groups in total. The Hall–Kier alpha value is -5.34. The first-order valence-electron chi connectivity index (χ1n) is 14.8. The SMILES string of the molecule is CCOc1ccc([C@@H]2C(C(=O)OC)=CN=c3s/c(=C/c4ccc(OCc5ccc(C#N)cc5)c(OCC)c4)c(=O)n32)cc1OCC. The summed E-state index contributed by atoms with van der Waals surface area (Å²) < 4.78 is 30.4. The molecule has 0 bridgehead atoms. The molecule has 0 amide bonds. The number of esters is 1. The van der Waals surface area contributed by atoms with Crippen LogP contribution >= 0.6 is 11.3 Å². The average Bonchev–Trinajstić information content (AvgIpc) is 3.39. The molecule has 236 valence electrons. The normalized spacial score (nSPS) is 13.9. The van der Waals surface area contributed by atoms with Crippen LogP contribution in [0.1, 0.15) is 49.1 Å². The third-order valence-corrected chi connectivity index (χ3v) is 8.05. The zero-order chi connectivity index (χ0) is 32.6. The Morgan fingerprint density at radius 2 is 1.57 bits per heavy atom. The number of thiazole rings is 1. The molecule has 1 aromatic heterocycles. The fraction of sp³-hybridized carbons (Fsp3) is 0.257. The molecule has 46 heavy (non-hydrogen) atoms. The van der Waals surface area contributed by atoms with Crippen LogP contribution in [0.25, 0.3) is 6.08 Å². The molecule has 5 rings (SSSR count). The van der Waals surface area contributed by atoms with Gasteiger partial charge in [-0.3, -0.25) is 9.36 Å². The van der Waals surface area contributed by atoms with Gasteiger partial charge in [0, 0.05) is 6.20 Å². The first-order chi connectivity index (χ1) is 22.4. The predicted octanol–water partition coefficient (Wildman–Crippen LogP) is 4.66. The summed E-state index contributed by atoms with van der Waals surface area (Å²) in [5, 5.41) is 9.03. The summed E-state index contributed by atoms with van der Waals surface area (Å²) in [6, 6.07) is 19.3. The van der Waals surface area contributed by atoms with E-state index < -0.39 is 12.0 Å². The minimum atomic E-state index is -0.794. The monoisotopic (exact) mass is 639 g/mol. The standard InChI is InChI=1S/C35H33N3O7S/c1-5-42-27-15-13-25(18-30(27)44-7-3)32-26(34(40)41-4)20-37-35-38(32)33(39)31(46-35)17-24-12-14-28(29(16-24)43-6-2)45-21-23-10-8-22(19-36)9-11-23/h8-18,20,32H,5-7,21H2,1-4H3/b31-17+/t32-/m1/s1. The molecule has 1 aliphatic heterocycles. The molecule has 0 saturated heterocycles. The molecule has 4 aromatic rings. The Morgan fingerprint density at radius 3 is 2.24 bits per heavy atom. The van der Waals surface area contributed by atoms with Crippen molar-refractivity contribution in [2.75, 3.05) is 26.9 Å². The summed E-state index contributed by atoms with van der Waals surface area (Å²) in [7, 11) is 1.29. The van der Waals surface area contributed by atoms with Crippen molar-refractivity contribution >= 4 is 23.4 Å². The van der Waals surface area contributed by atoms with Crippen LogP contribution in [-0.2, 0) is 16.1 Å². The number of hydrogen-bond acceptors (Lipinski definition) is 10. The molecule has 0 saturated carbocycles. The number of nitrogens with zero attached hydrogens (tertiary/aromatic N) is 3. The van der Waals surface area contributed by atoms with Crippen LogP contribution in [0.15, 0.2) is 82.2 Å². The van der Waals surface area contributed by atoms with E-state index in [1.807, 2.05) is 51.1 Å². The maximum Gasteiger partial charge on any atom is 0.337 e. The quantitative estimate of drug-likeness (QED) is 0.205. The highest BCUT2D eigenvalue weighted by Gasteiger charge is 2.31. The van der Waals surface area contributed by atoms with Gasteiger partial charge in [0.1, 0.15) is 6.61 Å². The first-order valence-corrected chi connectivity index (χ1v) is 15.6. The Morgan fingerprint density at radius 1 is 0.913 bits per heavy atom. The van der Waals surface area contributed by atoms with Crippen molar-refractivity contribution in [2.24, 2.45) is 4.99 Å². The lowest BCUT2D eigenvalue weighted by atomic mass is 9.97. The van der Waals surface area contributed by atoms with Gasteiger partial charge in [0.05, 0.1) is 54.7 Å². The number of carbonyl (C=O) groups is 1. The van der Waals surface area contributed by atoms with Gasteiger partial charge in [-0.15, -0.1) is 0 Å². The maximum absolute atomic E-state index is 14.0. The van der Waals surface area contributed by atoms with Gasteiger partial charge in [-0.1, -0.05) is 35.6 Å². The van der Waals surface area contributed by atoms with E-state index in [1.54, 1.807) is 36.4 Å². The van der Waals surface area contributed by atoms with E-state index in [0.29, 0.717) is 69.9 Å². The maximum atomic E-state index is 14.0. The van der Waals surface area contributed by atoms with Crippen LogP contribution in [0.2, 0.25) is 0 Å². The van der Waals surface area contributed by atoms with Gasteiger partial charge in [0.2, 0.25) is 0 Å². The minimum absolute atomic E-state index is 0.218.